The zero-order valence-corrected chi connectivity index (χ0v) is 7.19. The summed E-state index contributed by atoms with van der Waals surface area (Å²) < 4.78 is 9.61. The van der Waals surface area contributed by atoms with E-state index in [1.54, 1.807) is 6.92 Å². The Labute approximate surface area is 75.7 Å². The van der Waals surface area contributed by atoms with Gasteiger partial charge in [0.1, 0.15) is 6.33 Å². The van der Waals surface area contributed by atoms with Crippen LogP contribution in [0.25, 0.3) is 0 Å². The Morgan fingerprint density at radius 2 is 2.54 bits per heavy atom. The molecule has 5 heteroatoms. The topological polar surface area (TPSA) is 61.3 Å². The van der Waals surface area contributed by atoms with Crippen molar-refractivity contribution in [2.75, 3.05) is 13.2 Å². The highest BCUT2D eigenvalue weighted by molar-refractivity contribution is 5.70. The first-order valence-corrected chi connectivity index (χ1v) is 3.79. The number of rotatable bonds is 4. The molecule has 0 fully saturated rings. The van der Waals surface area contributed by atoms with Crippen molar-refractivity contribution < 1.29 is 14.3 Å². The molecule has 0 saturated heterocycles. The van der Waals surface area contributed by atoms with Crippen molar-refractivity contribution >= 4 is 5.97 Å². The molecule has 0 saturated carbocycles. The second-order valence-corrected chi connectivity index (χ2v) is 2.08. The summed E-state index contributed by atoms with van der Waals surface area (Å²) in [6, 6.07) is 1.44. The van der Waals surface area contributed by atoms with Crippen LogP contribution in [0.1, 0.15) is 6.92 Å². The summed E-state index contributed by atoms with van der Waals surface area (Å²) in [6.07, 6.45) is 3.82. The van der Waals surface area contributed by atoms with Crippen LogP contribution in [0.15, 0.2) is 12.4 Å². The van der Waals surface area contributed by atoms with E-state index in [2.05, 4.69) is 20.9 Å². The largest absolute Gasteiger partial charge is 0.466 e. The van der Waals surface area contributed by atoms with Crippen LogP contribution in [-0.4, -0.2) is 29.2 Å². The fraction of sp³-hybridized carbons (Fsp3) is 0.375. The normalized spacial score (nSPS) is 9.31. The van der Waals surface area contributed by atoms with Crippen LogP contribution in [0, 0.1) is 6.20 Å². The van der Waals surface area contributed by atoms with Gasteiger partial charge in [0.05, 0.1) is 12.8 Å². The molecule has 1 aromatic rings. The lowest BCUT2D eigenvalue weighted by Gasteiger charge is -2.03. The van der Waals surface area contributed by atoms with Crippen molar-refractivity contribution in [3.63, 3.8) is 0 Å². The van der Waals surface area contributed by atoms with Crippen LogP contribution < -0.4 is 4.74 Å². The standard InChI is InChI=1S/C8H9N2O3/c1-2-12-8(11)5-13-7-3-4-9-6-10-7/h3,6H,2,5H2,1H3. The maximum absolute atomic E-state index is 10.8. The summed E-state index contributed by atoms with van der Waals surface area (Å²) in [5.41, 5.74) is 0. The maximum Gasteiger partial charge on any atom is 0.344 e. The monoisotopic (exact) mass is 181 g/mol. The predicted molar refractivity (Wildman–Crippen MR) is 43.0 cm³/mol. The second-order valence-electron chi connectivity index (χ2n) is 2.08. The van der Waals surface area contributed by atoms with E-state index in [0.717, 1.165) is 0 Å². The minimum atomic E-state index is -0.416. The highest BCUT2D eigenvalue weighted by Crippen LogP contribution is 2.00. The molecule has 5 nitrogen and oxygen atoms in total. The molecule has 1 radical (unpaired) electrons. The Bertz CT molecular complexity index is 263. The third-order valence-corrected chi connectivity index (χ3v) is 1.15. The molecule has 69 valence electrons. The summed E-state index contributed by atoms with van der Waals surface area (Å²) in [6.45, 7) is 1.94. The van der Waals surface area contributed by atoms with Crippen molar-refractivity contribution in [1.82, 2.24) is 9.97 Å². The van der Waals surface area contributed by atoms with Gasteiger partial charge in [-0.3, -0.25) is 0 Å². The summed E-state index contributed by atoms with van der Waals surface area (Å²) in [5, 5.41) is 0. The third kappa shape index (κ3) is 3.50. The van der Waals surface area contributed by atoms with Crippen LogP contribution in [0.3, 0.4) is 0 Å². The average molecular weight is 181 g/mol. The molecular formula is C8H9N2O3. The summed E-state index contributed by atoms with van der Waals surface area (Å²) in [5.74, 6) is -0.107. The van der Waals surface area contributed by atoms with Crippen LogP contribution in [0.2, 0.25) is 0 Å². The fourth-order valence-corrected chi connectivity index (χ4v) is 0.663. The molecule has 0 atom stereocenters. The molecule has 0 aliphatic heterocycles. The Morgan fingerprint density at radius 3 is 3.15 bits per heavy atom. The van der Waals surface area contributed by atoms with Gasteiger partial charge in [0.25, 0.3) is 0 Å². The summed E-state index contributed by atoms with van der Waals surface area (Å²) in [7, 11) is 0. The van der Waals surface area contributed by atoms with Crippen molar-refractivity contribution in [2.24, 2.45) is 0 Å². The number of esters is 1. The van der Waals surface area contributed by atoms with Gasteiger partial charge in [0, 0.05) is 6.07 Å². The molecule has 1 rings (SSSR count). The summed E-state index contributed by atoms with van der Waals surface area (Å²) in [4.78, 5) is 18.1. The molecular weight excluding hydrogens is 172 g/mol. The smallest absolute Gasteiger partial charge is 0.344 e. The minimum Gasteiger partial charge on any atom is -0.466 e. The van der Waals surface area contributed by atoms with Crippen LogP contribution >= 0.6 is 0 Å². The van der Waals surface area contributed by atoms with Gasteiger partial charge in [-0.25, -0.2) is 14.8 Å². The Balaban J connectivity index is 2.31. The van der Waals surface area contributed by atoms with E-state index in [1.807, 2.05) is 0 Å². The summed E-state index contributed by atoms with van der Waals surface area (Å²) >= 11 is 0. The average Bonchev–Trinajstić information content (AvgIpc) is 2.17. The Morgan fingerprint density at radius 1 is 1.69 bits per heavy atom. The number of ether oxygens (including phenoxy) is 2. The first-order valence-electron chi connectivity index (χ1n) is 3.79. The molecule has 0 unspecified atom stereocenters. The Hall–Kier alpha value is -1.65. The minimum absolute atomic E-state index is 0.140. The quantitative estimate of drug-likeness (QED) is 0.622. The molecule has 0 bridgehead atoms. The van der Waals surface area contributed by atoms with E-state index in [4.69, 9.17) is 4.74 Å². The zero-order valence-electron chi connectivity index (χ0n) is 7.19. The molecule has 0 N–H and O–H groups in total. The van der Waals surface area contributed by atoms with E-state index >= 15 is 0 Å². The van der Waals surface area contributed by atoms with Crippen molar-refractivity contribution in [1.29, 1.82) is 0 Å². The molecule has 0 aromatic carbocycles. The van der Waals surface area contributed by atoms with Gasteiger partial charge in [-0.05, 0) is 6.92 Å². The SMILES string of the molecule is CCOC(=O)COc1c[c]ncn1. The van der Waals surface area contributed by atoms with Gasteiger partial charge in [0.2, 0.25) is 5.88 Å². The molecule has 13 heavy (non-hydrogen) atoms. The molecule has 0 aliphatic rings. The first-order chi connectivity index (χ1) is 6.33. The van der Waals surface area contributed by atoms with Gasteiger partial charge in [0.15, 0.2) is 6.61 Å². The molecule has 0 spiro atoms. The lowest BCUT2D eigenvalue weighted by atomic mass is 10.6. The fourth-order valence-electron chi connectivity index (χ4n) is 0.663. The van der Waals surface area contributed by atoms with Gasteiger partial charge >= 0.3 is 5.97 Å². The number of carbonyl (C=O) groups is 1. The Kier molecular flexibility index (Phi) is 3.69. The van der Waals surface area contributed by atoms with Crippen molar-refractivity contribution in [2.45, 2.75) is 6.92 Å². The number of hydrogen-bond acceptors (Lipinski definition) is 5. The highest BCUT2D eigenvalue weighted by atomic mass is 16.6. The lowest BCUT2D eigenvalue weighted by molar-refractivity contribution is -0.145. The van der Waals surface area contributed by atoms with Gasteiger partial charge in [-0.1, -0.05) is 0 Å². The third-order valence-electron chi connectivity index (χ3n) is 1.15. The molecule has 0 amide bonds. The predicted octanol–water partition coefficient (Wildman–Crippen LogP) is 0.219. The first kappa shape index (κ1) is 9.44. The highest BCUT2D eigenvalue weighted by Gasteiger charge is 2.02. The molecule has 1 heterocycles. The molecule has 1 aromatic heterocycles. The van der Waals surface area contributed by atoms with E-state index < -0.39 is 5.97 Å². The van der Waals surface area contributed by atoms with Crippen molar-refractivity contribution in [3.8, 4) is 5.88 Å². The van der Waals surface area contributed by atoms with Gasteiger partial charge in [-0.2, -0.15) is 0 Å². The number of aromatic nitrogens is 2. The van der Waals surface area contributed by atoms with Crippen LogP contribution in [-0.2, 0) is 9.53 Å². The van der Waals surface area contributed by atoms with E-state index in [0.29, 0.717) is 12.5 Å². The number of carbonyl (C=O) groups excluding carboxylic acids is 1. The van der Waals surface area contributed by atoms with Gasteiger partial charge in [-0.15, -0.1) is 0 Å². The maximum atomic E-state index is 10.8. The van der Waals surface area contributed by atoms with Crippen molar-refractivity contribution in [3.05, 3.63) is 18.6 Å². The van der Waals surface area contributed by atoms with Gasteiger partial charge < -0.3 is 9.47 Å². The van der Waals surface area contributed by atoms with Crippen LogP contribution in [0.4, 0.5) is 0 Å². The van der Waals surface area contributed by atoms with E-state index in [9.17, 15) is 4.79 Å². The second kappa shape index (κ2) is 5.08. The molecule has 0 aliphatic carbocycles. The zero-order chi connectivity index (χ0) is 9.52. The number of hydrogen-bond donors (Lipinski definition) is 0. The van der Waals surface area contributed by atoms with Crippen LogP contribution in [0.5, 0.6) is 5.88 Å². The van der Waals surface area contributed by atoms with E-state index in [1.165, 1.54) is 12.4 Å². The number of nitrogens with zero attached hydrogens (tertiary/aromatic N) is 2. The van der Waals surface area contributed by atoms with E-state index in [-0.39, 0.29) is 6.61 Å². The lowest BCUT2D eigenvalue weighted by Crippen LogP contribution is -2.14.